The maximum absolute atomic E-state index is 15.6. The van der Waals surface area contributed by atoms with Crippen molar-refractivity contribution in [3.8, 4) is 0 Å². The molecule has 1 aliphatic heterocycles. The maximum atomic E-state index is 15.6. The van der Waals surface area contributed by atoms with Crippen molar-refractivity contribution in [1.82, 2.24) is 4.90 Å². The van der Waals surface area contributed by atoms with E-state index >= 15 is 4.39 Å². The highest BCUT2D eigenvalue weighted by atomic mass is 35.5. The lowest BCUT2D eigenvalue weighted by Crippen LogP contribution is -2.50. The lowest BCUT2D eigenvalue weighted by molar-refractivity contribution is -0.129. The van der Waals surface area contributed by atoms with Crippen LogP contribution in [0.25, 0.3) is 0 Å². The van der Waals surface area contributed by atoms with Gasteiger partial charge in [0.25, 0.3) is 0 Å². The molecule has 6 nitrogen and oxygen atoms in total. The Morgan fingerprint density at radius 3 is 2.45 bits per heavy atom. The number of anilines is 2. The van der Waals surface area contributed by atoms with Crippen LogP contribution in [0.1, 0.15) is 37.3 Å². The average molecular weight is 493 g/mol. The second-order valence-electron chi connectivity index (χ2n) is 8.67. The van der Waals surface area contributed by atoms with Gasteiger partial charge in [-0.15, -0.1) is 0 Å². The summed E-state index contributed by atoms with van der Waals surface area (Å²) in [6.45, 7) is 7.30. The van der Waals surface area contributed by atoms with Gasteiger partial charge in [-0.25, -0.2) is 12.8 Å². The molecule has 2 aromatic carbocycles. The predicted molar refractivity (Wildman–Crippen MR) is 130 cm³/mol. The van der Waals surface area contributed by atoms with Crippen LogP contribution in [0.4, 0.5) is 15.8 Å². The van der Waals surface area contributed by atoms with Crippen LogP contribution < -0.4 is 9.21 Å². The van der Waals surface area contributed by atoms with Gasteiger partial charge >= 0.3 is 0 Å². The third-order valence-corrected chi connectivity index (χ3v) is 8.42. The number of sulfonamides is 1. The lowest BCUT2D eigenvalue weighted by Gasteiger charge is -2.42. The zero-order chi connectivity index (χ0) is 23.8. The largest absolute Gasteiger partial charge is 0.366 e. The number of piperazine rings is 1. The van der Waals surface area contributed by atoms with Crippen LogP contribution >= 0.6 is 11.6 Å². The van der Waals surface area contributed by atoms with E-state index in [9.17, 15) is 13.2 Å². The molecule has 0 spiro atoms. The highest BCUT2D eigenvalue weighted by Gasteiger charge is 2.38. The van der Waals surface area contributed by atoms with Crippen molar-refractivity contribution < 1.29 is 17.6 Å². The van der Waals surface area contributed by atoms with Crippen molar-refractivity contribution in [2.24, 2.45) is 0 Å². The van der Waals surface area contributed by atoms with Crippen LogP contribution in [-0.2, 0) is 20.6 Å². The fourth-order valence-corrected chi connectivity index (χ4v) is 6.47. The fourth-order valence-electron chi connectivity index (χ4n) is 4.40. The molecule has 0 unspecified atom stereocenters. The van der Waals surface area contributed by atoms with Gasteiger partial charge in [-0.2, -0.15) is 0 Å². The Morgan fingerprint density at radius 2 is 1.88 bits per heavy atom. The van der Waals surface area contributed by atoms with Gasteiger partial charge in [-0.05, 0) is 55.5 Å². The summed E-state index contributed by atoms with van der Waals surface area (Å²) in [5, 5.41) is 0.452. The first kappa shape index (κ1) is 23.8. The maximum Gasteiger partial charge on any atom is 0.239 e. The number of carbonyl (C=O) groups is 1. The molecule has 4 rings (SSSR count). The quantitative estimate of drug-likeness (QED) is 0.605. The van der Waals surface area contributed by atoms with Gasteiger partial charge in [-0.3, -0.25) is 9.10 Å². The predicted octanol–water partition coefficient (Wildman–Crippen LogP) is 4.22. The van der Waals surface area contributed by atoms with Gasteiger partial charge in [0, 0.05) is 44.2 Å². The van der Waals surface area contributed by atoms with Gasteiger partial charge < -0.3 is 9.80 Å². The number of nitrogens with zero attached hydrogens (tertiary/aromatic N) is 3. The summed E-state index contributed by atoms with van der Waals surface area (Å²) in [6.07, 6.45) is 2.24. The summed E-state index contributed by atoms with van der Waals surface area (Å²) < 4.78 is 44.4. The van der Waals surface area contributed by atoms with Crippen molar-refractivity contribution >= 4 is 38.9 Å². The highest BCUT2D eigenvalue weighted by molar-refractivity contribution is 7.92. The molecule has 1 heterocycles. The molecule has 177 valence electrons. The van der Waals surface area contributed by atoms with E-state index in [0.717, 1.165) is 6.42 Å². The average Bonchev–Trinajstić information content (AvgIpc) is 2.72. The molecular weight excluding hydrogens is 465 g/mol. The van der Waals surface area contributed by atoms with Crippen molar-refractivity contribution in [3.63, 3.8) is 0 Å². The minimum Gasteiger partial charge on any atom is -0.366 e. The molecule has 1 amide bonds. The number of hydrogen-bond acceptors (Lipinski definition) is 4. The van der Waals surface area contributed by atoms with Gasteiger partial charge in [0.05, 0.1) is 11.4 Å². The van der Waals surface area contributed by atoms with Crippen LogP contribution in [0, 0.1) is 12.7 Å². The first-order valence-corrected chi connectivity index (χ1v) is 13.1. The van der Waals surface area contributed by atoms with Gasteiger partial charge in [0.2, 0.25) is 15.9 Å². The van der Waals surface area contributed by atoms with Crippen molar-refractivity contribution in [2.75, 3.05) is 35.4 Å². The van der Waals surface area contributed by atoms with E-state index in [1.807, 2.05) is 4.90 Å². The van der Waals surface area contributed by atoms with E-state index < -0.39 is 15.8 Å². The van der Waals surface area contributed by atoms with E-state index in [-0.39, 0.29) is 29.0 Å². The van der Waals surface area contributed by atoms with E-state index in [4.69, 9.17) is 11.6 Å². The smallest absolute Gasteiger partial charge is 0.239 e. The van der Waals surface area contributed by atoms with Gasteiger partial charge in [0.15, 0.2) is 5.82 Å². The Labute approximate surface area is 200 Å². The van der Waals surface area contributed by atoms with Crippen molar-refractivity contribution in [3.05, 3.63) is 65.3 Å². The molecule has 2 fully saturated rings. The Balaban J connectivity index is 1.75. The minimum atomic E-state index is -3.91. The highest BCUT2D eigenvalue weighted by Crippen LogP contribution is 2.42. The summed E-state index contributed by atoms with van der Waals surface area (Å²) in [4.78, 5) is 15.4. The third kappa shape index (κ3) is 4.96. The second-order valence-corrected chi connectivity index (χ2v) is 10.9. The monoisotopic (exact) mass is 492 g/mol. The number of benzene rings is 2. The summed E-state index contributed by atoms with van der Waals surface area (Å²) in [5.41, 5.74) is 1.28. The first-order chi connectivity index (χ1) is 15.7. The molecule has 0 atom stereocenters. The van der Waals surface area contributed by atoms with Crippen LogP contribution in [0.5, 0.6) is 0 Å². The molecule has 1 aliphatic carbocycles. The van der Waals surface area contributed by atoms with E-state index in [1.54, 1.807) is 41.3 Å². The zero-order valence-electron chi connectivity index (χ0n) is 18.6. The normalized spacial score (nSPS) is 17.1. The van der Waals surface area contributed by atoms with Crippen LogP contribution in [0.15, 0.2) is 36.4 Å². The molecular formula is C24H28ClFN3O3S. The number of amides is 1. The lowest BCUT2D eigenvalue weighted by atomic mass is 9.92. The SMILES string of the molecule is [CH2]c1ccc(N2CCN(C(C)=O)CC2)c(N(C2CCC2)S(=O)(=O)Cc2cccc(Cl)c2)c1F. The number of rotatable bonds is 6. The molecule has 1 saturated heterocycles. The molecule has 1 saturated carbocycles. The van der Waals surface area contributed by atoms with Crippen molar-refractivity contribution in [2.45, 2.75) is 38.0 Å². The summed E-state index contributed by atoms with van der Waals surface area (Å²) in [6, 6.07) is 9.73. The third-order valence-electron chi connectivity index (χ3n) is 6.41. The first-order valence-electron chi connectivity index (χ1n) is 11.1. The summed E-state index contributed by atoms with van der Waals surface area (Å²) in [5.74, 6) is -0.903. The van der Waals surface area contributed by atoms with Gasteiger partial charge in [-0.1, -0.05) is 29.8 Å². The Bertz CT molecular complexity index is 1150. The molecule has 1 radical (unpaired) electrons. The molecule has 33 heavy (non-hydrogen) atoms. The molecule has 9 heteroatoms. The summed E-state index contributed by atoms with van der Waals surface area (Å²) in [7, 11) is -3.91. The Kier molecular flexibility index (Phi) is 6.86. The van der Waals surface area contributed by atoms with Gasteiger partial charge in [0.1, 0.15) is 5.69 Å². The molecule has 0 bridgehead atoms. The fraction of sp³-hybridized carbons (Fsp3) is 0.417. The second kappa shape index (κ2) is 9.50. The molecule has 2 aliphatic rings. The minimum absolute atomic E-state index is 0.00523. The van der Waals surface area contributed by atoms with Crippen molar-refractivity contribution in [1.29, 1.82) is 0 Å². The van der Waals surface area contributed by atoms with E-state index in [1.165, 1.54) is 11.2 Å². The number of hydrogen-bond donors (Lipinski definition) is 0. The van der Waals surface area contributed by atoms with Crippen LogP contribution in [0.3, 0.4) is 0 Å². The Morgan fingerprint density at radius 1 is 1.18 bits per heavy atom. The zero-order valence-corrected chi connectivity index (χ0v) is 20.2. The molecule has 0 aromatic heterocycles. The standard InChI is InChI=1S/C24H28ClFN3O3S/c1-17-9-10-22(28-13-11-27(12-14-28)18(2)30)24(23(17)26)29(21-7-4-8-21)33(31,32)16-19-5-3-6-20(25)15-19/h3,5-6,9-10,15,21H,1,4,7-8,11-14,16H2,2H3. The van der Waals surface area contributed by atoms with E-state index in [0.29, 0.717) is 55.3 Å². The molecule has 0 N–H and O–H groups in total. The number of carbonyl (C=O) groups excluding carboxylic acids is 1. The number of halogens is 2. The topological polar surface area (TPSA) is 60.9 Å². The van der Waals surface area contributed by atoms with Crippen LogP contribution in [-0.4, -0.2) is 51.4 Å². The van der Waals surface area contributed by atoms with E-state index in [2.05, 4.69) is 6.92 Å². The van der Waals surface area contributed by atoms with Crippen LogP contribution in [0.2, 0.25) is 5.02 Å². The molecule has 2 aromatic rings. The summed E-state index contributed by atoms with van der Waals surface area (Å²) >= 11 is 6.07. The Hall–Kier alpha value is -2.32.